The van der Waals surface area contributed by atoms with Crippen LogP contribution < -0.4 is 5.32 Å². The lowest BCUT2D eigenvalue weighted by atomic mass is 10.1. The molecule has 6 nitrogen and oxygen atoms in total. The summed E-state index contributed by atoms with van der Waals surface area (Å²) in [6, 6.07) is 9.58. The largest absolute Gasteiger partial charge is 0.462 e. The zero-order chi connectivity index (χ0) is 20.5. The van der Waals surface area contributed by atoms with Gasteiger partial charge in [-0.05, 0) is 37.8 Å². The second kappa shape index (κ2) is 10.6. The van der Waals surface area contributed by atoms with Gasteiger partial charge in [-0.3, -0.25) is 9.59 Å². The molecule has 0 bridgehead atoms. The van der Waals surface area contributed by atoms with Crippen LogP contribution in [-0.4, -0.2) is 31.1 Å². The molecule has 0 unspecified atom stereocenters. The summed E-state index contributed by atoms with van der Waals surface area (Å²) in [6.45, 7) is 5.40. The normalized spacial score (nSPS) is 10.4. The van der Waals surface area contributed by atoms with Crippen LogP contribution in [0.5, 0.6) is 0 Å². The van der Waals surface area contributed by atoms with E-state index in [9.17, 15) is 14.4 Å². The van der Waals surface area contributed by atoms with Crippen LogP contribution >= 0.6 is 11.3 Å². The van der Waals surface area contributed by atoms with Crippen molar-refractivity contribution in [1.29, 1.82) is 0 Å². The van der Waals surface area contributed by atoms with Crippen molar-refractivity contribution in [3.63, 3.8) is 0 Å². The molecule has 2 aromatic rings. The Morgan fingerprint density at radius 3 is 2.43 bits per heavy atom. The molecular weight excluding hydrogens is 378 g/mol. The number of hydrogen-bond acceptors (Lipinski definition) is 6. The third kappa shape index (κ3) is 5.92. The number of esters is 2. The first-order valence-electron chi connectivity index (χ1n) is 9.25. The van der Waals surface area contributed by atoms with Gasteiger partial charge in [-0.25, -0.2) is 4.79 Å². The molecule has 1 heterocycles. The van der Waals surface area contributed by atoms with E-state index in [0.717, 1.165) is 22.4 Å². The van der Waals surface area contributed by atoms with Gasteiger partial charge in [0.2, 0.25) is 0 Å². The SMILES string of the molecule is CCOC(=O)c1c(NC(=O)COC(=O)CCc2ccccc2)sc(CC)c1C. The van der Waals surface area contributed by atoms with Crippen molar-refractivity contribution in [3.05, 3.63) is 51.9 Å². The predicted octanol–water partition coefficient (Wildman–Crippen LogP) is 3.91. The van der Waals surface area contributed by atoms with Gasteiger partial charge in [0.1, 0.15) is 5.00 Å². The van der Waals surface area contributed by atoms with E-state index in [-0.39, 0.29) is 13.0 Å². The molecule has 1 amide bonds. The van der Waals surface area contributed by atoms with Crippen molar-refractivity contribution in [3.8, 4) is 0 Å². The highest BCUT2D eigenvalue weighted by molar-refractivity contribution is 7.17. The van der Waals surface area contributed by atoms with E-state index in [4.69, 9.17) is 9.47 Å². The topological polar surface area (TPSA) is 81.7 Å². The summed E-state index contributed by atoms with van der Waals surface area (Å²) in [5, 5.41) is 3.10. The first-order chi connectivity index (χ1) is 13.5. The number of thiophene rings is 1. The number of nitrogens with one attached hydrogen (secondary N) is 1. The molecule has 0 saturated heterocycles. The van der Waals surface area contributed by atoms with Crippen LogP contribution in [0, 0.1) is 6.92 Å². The molecule has 0 spiro atoms. The monoisotopic (exact) mass is 403 g/mol. The highest BCUT2D eigenvalue weighted by Crippen LogP contribution is 2.34. The molecule has 0 aliphatic rings. The molecule has 28 heavy (non-hydrogen) atoms. The average Bonchev–Trinajstić information content (AvgIpc) is 3.00. The Hall–Kier alpha value is -2.67. The van der Waals surface area contributed by atoms with Crippen LogP contribution in [-0.2, 0) is 31.9 Å². The quantitative estimate of drug-likeness (QED) is 0.642. The fourth-order valence-corrected chi connectivity index (χ4v) is 3.86. The minimum atomic E-state index is -0.484. The van der Waals surface area contributed by atoms with Gasteiger partial charge in [-0.2, -0.15) is 0 Å². The summed E-state index contributed by atoms with van der Waals surface area (Å²) in [6.07, 6.45) is 1.50. The zero-order valence-corrected chi connectivity index (χ0v) is 17.2. The smallest absolute Gasteiger partial charge is 0.341 e. The predicted molar refractivity (Wildman–Crippen MR) is 109 cm³/mol. The fraction of sp³-hybridized carbons (Fsp3) is 0.381. The molecule has 0 aliphatic heterocycles. The molecule has 7 heteroatoms. The van der Waals surface area contributed by atoms with Crippen LogP contribution in [0.3, 0.4) is 0 Å². The molecule has 0 aliphatic carbocycles. The second-order valence-electron chi connectivity index (χ2n) is 6.12. The Morgan fingerprint density at radius 2 is 1.79 bits per heavy atom. The Labute approximate surface area is 168 Å². The molecule has 2 rings (SSSR count). The Balaban J connectivity index is 1.91. The van der Waals surface area contributed by atoms with E-state index in [1.807, 2.05) is 44.2 Å². The zero-order valence-electron chi connectivity index (χ0n) is 16.4. The summed E-state index contributed by atoms with van der Waals surface area (Å²) in [5.41, 5.74) is 2.21. The van der Waals surface area contributed by atoms with Gasteiger partial charge in [0, 0.05) is 11.3 Å². The highest BCUT2D eigenvalue weighted by atomic mass is 32.1. The first-order valence-corrected chi connectivity index (χ1v) is 10.1. The van der Waals surface area contributed by atoms with Gasteiger partial charge in [0.15, 0.2) is 6.61 Å². The third-order valence-electron chi connectivity index (χ3n) is 4.12. The van der Waals surface area contributed by atoms with Crippen molar-refractivity contribution in [2.75, 3.05) is 18.5 Å². The molecule has 150 valence electrons. The highest BCUT2D eigenvalue weighted by Gasteiger charge is 2.23. The molecule has 1 N–H and O–H groups in total. The van der Waals surface area contributed by atoms with Crippen LogP contribution in [0.25, 0.3) is 0 Å². The molecule has 1 aromatic heterocycles. The fourth-order valence-electron chi connectivity index (χ4n) is 2.71. The maximum absolute atomic E-state index is 12.2. The van der Waals surface area contributed by atoms with Crippen LogP contribution in [0.1, 0.15) is 46.6 Å². The van der Waals surface area contributed by atoms with E-state index >= 15 is 0 Å². The summed E-state index contributed by atoms with van der Waals surface area (Å²) in [7, 11) is 0. The van der Waals surface area contributed by atoms with Crippen molar-refractivity contribution < 1.29 is 23.9 Å². The molecule has 0 radical (unpaired) electrons. The third-order valence-corrected chi connectivity index (χ3v) is 5.48. The lowest BCUT2D eigenvalue weighted by Gasteiger charge is -2.08. The minimum Gasteiger partial charge on any atom is -0.462 e. The van der Waals surface area contributed by atoms with Gasteiger partial charge in [0.25, 0.3) is 5.91 Å². The summed E-state index contributed by atoms with van der Waals surface area (Å²) >= 11 is 1.34. The van der Waals surface area contributed by atoms with E-state index in [0.29, 0.717) is 17.0 Å². The van der Waals surface area contributed by atoms with E-state index in [1.165, 1.54) is 11.3 Å². The summed E-state index contributed by atoms with van der Waals surface area (Å²) < 4.78 is 10.1. The molecular formula is C21H25NO5S. The number of aryl methyl sites for hydroxylation is 2. The Morgan fingerprint density at radius 1 is 1.07 bits per heavy atom. The van der Waals surface area contributed by atoms with Crippen LogP contribution in [0.4, 0.5) is 5.00 Å². The maximum Gasteiger partial charge on any atom is 0.341 e. The molecule has 0 saturated carbocycles. The van der Waals surface area contributed by atoms with Gasteiger partial charge in [0.05, 0.1) is 12.2 Å². The Kier molecular flexibility index (Phi) is 8.19. The van der Waals surface area contributed by atoms with Gasteiger partial charge >= 0.3 is 11.9 Å². The summed E-state index contributed by atoms with van der Waals surface area (Å²) in [5.74, 6) is -1.39. The first kappa shape index (κ1) is 21.6. The minimum absolute atomic E-state index is 0.198. The number of anilines is 1. The Bertz CT molecular complexity index is 829. The average molecular weight is 404 g/mol. The van der Waals surface area contributed by atoms with Crippen LogP contribution in [0.2, 0.25) is 0 Å². The number of carbonyl (C=O) groups is 3. The van der Waals surface area contributed by atoms with E-state index in [2.05, 4.69) is 5.32 Å². The second-order valence-corrected chi connectivity index (χ2v) is 7.23. The number of rotatable bonds is 9. The number of hydrogen-bond donors (Lipinski definition) is 1. The lowest BCUT2D eigenvalue weighted by Crippen LogP contribution is -2.22. The summed E-state index contributed by atoms with van der Waals surface area (Å²) in [4.78, 5) is 37.3. The lowest BCUT2D eigenvalue weighted by molar-refractivity contribution is -0.147. The standard InChI is InChI=1S/C21H25NO5S/c1-4-16-14(3)19(21(25)26-5-2)20(28-16)22-17(23)13-27-18(24)12-11-15-9-7-6-8-10-15/h6-10H,4-5,11-13H2,1-3H3,(H,22,23). The number of ether oxygens (including phenoxy) is 2. The van der Waals surface area contributed by atoms with Gasteiger partial charge < -0.3 is 14.8 Å². The van der Waals surface area contributed by atoms with E-state index in [1.54, 1.807) is 6.92 Å². The van der Waals surface area contributed by atoms with Crippen molar-refractivity contribution in [1.82, 2.24) is 0 Å². The number of carbonyl (C=O) groups excluding carboxylic acids is 3. The molecule has 1 aromatic carbocycles. The van der Waals surface area contributed by atoms with Crippen LogP contribution in [0.15, 0.2) is 30.3 Å². The van der Waals surface area contributed by atoms with Crippen molar-refractivity contribution in [2.24, 2.45) is 0 Å². The molecule has 0 fully saturated rings. The van der Waals surface area contributed by atoms with E-state index < -0.39 is 24.5 Å². The molecule has 0 atom stereocenters. The van der Waals surface area contributed by atoms with Gasteiger partial charge in [-0.1, -0.05) is 37.3 Å². The van der Waals surface area contributed by atoms with Gasteiger partial charge in [-0.15, -0.1) is 11.3 Å². The van der Waals surface area contributed by atoms with Crippen molar-refractivity contribution in [2.45, 2.75) is 40.0 Å². The maximum atomic E-state index is 12.2. The van der Waals surface area contributed by atoms with Crippen molar-refractivity contribution >= 4 is 34.2 Å². The number of amides is 1. The number of benzene rings is 1.